The molecule has 4 heteroatoms. The van der Waals surface area contributed by atoms with Gasteiger partial charge in [-0.05, 0) is 57.8 Å². The molecule has 0 fully saturated rings. The number of hydrogen-bond donors (Lipinski definition) is 1. The third-order valence-electron chi connectivity index (χ3n) is 3.14. The van der Waals surface area contributed by atoms with Crippen LogP contribution in [-0.2, 0) is 5.41 Å². The van der Waals surface area contributed by atoms with Gasteiger partial charge in [0.05, 0.1) is 9.26 Å². The predicted octanol–water partition coefficient (Wildman–Crippen LogP) is 5.81. The Morgan fingerprint density at radius 1 is 1.14 bits per heavy atom. The maximum absolute atomic E-state index is 10.0. The van der Waals surface area contributed by atoms with Crippen molar-refractivity contribution in [2.45, 2.75) is 26.2 Å². The van der Waals surface area contributed by atoms with Crippen molar-refractivity contribution in [3.05, 3.63) is 55.6 Å². The van der Waals surface area contributed by atoms with E-state index < -0.39 is 0 Å². The van der Waals surface area contributed by atoms with Crippen molar-refractivity contribution in [1.82, 2.24) is 0 Å². The van der Waals surface area contributed by atoms with E-state index in [1.165, 1.54) is 5.56 Å². The molecule has 2 aromatic carbocycles. The van der Waals surface area contributed by atoms with Gasteiger partial charge >= 0.3 is 0 Å². The van der Waals surface area contributed by atoms with Crippen molar-refractivity contribution in [2.24, 2.45) is 4.99 Å². The van der Waals surface area contributed by atoms with E-state index in [0.29, 0.717) is 5.56 Å². The first-order valence-electron chi connectivity index (χ1n) is 6.60. The zero-order valence-corrected chi connectivity index (χ0v) is 15.9. The number of nitrogens with zero attached hydrogens (tertiary/aromatic N) is 1. The molecule has 0 aromatic heterocycles. The second-order valence-electron chi connectivity index (χ2n) is 5.88. The Bertz CT molecular complexity index is 672. The quantitative estimate of drug-likeness (QED) is 0.448. The Kier molecular flexibility index (Phi) is 5.09. The van der Waals surface area contributed by atoms with Gasteiger partial charge in [-0.15, -0.1) is 0 Å². The van der Waals surface area contributed by atoms with Gasteiger partial charge in [0.15, 0.2) is 0 Å². The first-order valence-corrected chi connectivity index (χ1v) is 8.47. The summed E-state index contributed by atoms with van der Waals surface area (Å²) >= 11 is 5.53. The fourth-order valence-electron chi connectivity index (χ4n) is 1.88. The highest BCUT2D eigenvalue weighted by Gasteiger charge is 2.12. The standard InChI is InChI=1S/C17H17BrINO/c1-17(2,3)12-4-6-14(7-5-12)20-10-11-8-13(18)9-15(19)16(11)21/h4-10,21H,1-3H3. The molecule has 0 heterocycles. The maximum Gasteiger partial charge on any atom is 0.137 e. The van der Waals surface area contributed by atoms with Crippen molar-refractivity contribution in [1.29, 1.82) is 0 Å². The van der Waals surface area contributed by atoms with Crippen LogP contribution in [0.2, 0.25) is 0 Å². The van der Waals surface area contributed by atoms with Crippen LogP contribution < -0.4 is 0 Å². The summed E-state index contributed by atoms with van der Waals surface area (Å²) in [6.45, 7) is 6.56. The van der Waals surface area contributed by atoms with Gasteiger partial charge in [0, 0.05) is 16.3 Å². The second kappa shape index (κ2) is 6.48. The molecule has 110 valence electrons. The van der Waals surface area contributed by atoms with Gasteiger partial charge in [-0.3, -0.25) is 4.99 Å². The summed E-state index contributed by atoms with van der Waals surface area (Å²) in [7, 11) is 0. The molecular formula is C17H17BrINO. The molecule has 0 spiro atoms. The fourth-order valence-corrected chi connectivity index (χ4v) is 3.43. The summed E-state index contributed by atoms with van der Waals surface area (Å²) in [5.74, 6) is 0.258. The summed E-state index contributed by atoms with van der Waals surface area (Å²) in [4.78, 5) is 4.43. The minimum absolute atomic E-state index is 0.140. The zero-order chi connectivity index (χ0) is 15.6. The number of aromatic hydroxyl groups is 1. The number of phenols is 1. The highest BCUT2D eigenvalue weighted by atomic mass is 127. The van der Waals surface area contributed by atoms with Gasteiger partial charge in [-0.2, -0.15) is 0 Å². The molecule has 0 radical (unpaired) electrons. The van der Waals surface area contributed by atoms with E-state index in [-0.39, 0.29) is 11.2 Å². The van der Waals surface area contributed by atoms with Crippen LogP contribution >= 0.6 is 38.5 Å². The van der Waals surface area contributed by atoms with E-state index >= 15 is 0 Å². The Labute approximate surface area is 147 Å². The first kappa shape index (κ1) is 16.5. The lowest BCUT2D eigenvalue weighted by molar-refractivity contribution is 0.470. The minimum atomic E-state index is 0.140. The van der Waals surface area contributed by atoms with Gasteiger partial charge in [-0.25, -0.2) is 0 Å². The molecule has 0 aliphatic heterocycles. The van der Waals surface area contributed by atoms with E-state index in [2.05, 4.69) is 76.4 Å². The van der Waals surface area contributed by atoms with Crippen LogP contribution in [0.4, 0.5) is 5.69 Å². The molecule has 0 bridgehead atoms. The summed E-state index contributed by atoms with van der Waals surface area (Å²) in [5, 5.41) is 10.0. The largest absolute Gasteiger partial charge is 0.506 e. The average Bonchev–Trinajstić information content (AvgIpc) is 2.40. The normalized spacial score (nSPS) is 12.0. The van der Waals surface area contributed by atoms with Crippen LogP contribution in [0.15, 0.2) is 45.9 Å². The van der Waals surface area contributed by atoms with Crippen LogP contribution in [0.3, 0.4) is 0 Å². The number of halogens is 2. The van der Waals surface area contributed by atoms with Crippen LogP contribution in [0.5, 0.6) is 5.75 Å². The van der Waals surface area contributed by atoms with Crippen LogP contribution in [0, 0.1) is 3.57 Å². The lowest BCUT2D eigenvalue weighted by atomic mass is 9.87. The van der Waals surface area contributed by atoms with E-state index in [1.54, 1.807) is 6.21 Å². The molecule has 0 saturated heterocycles. The summed E-state index contributed by atoms with van der Waals surface area (Å²) in [6, 6.07) is 11.9. The Balaban J connectivity index is 2.26. The Morgan fingerprint density at radius 3 is 2.33 bits per heavy atom. The monoisotopic (exact) mass is 457 g/mol. The van der Waals surface area contributed by atoms with Gasteiger partial charge < -0.3 is 5.11 Å². The highest BCUT2D eigenvalue weighted by molar-refractivity contribution is 14.1. The third-order valence-corrected chi connectivity index (χ3v) is 4.42. The summed E-state index contributed by atoms with van der Waals surface area (Å²) in [6.07, 6.45) is 1.69. The lowest BCUT2D eigenvalue weighted by Gasteiger charge is -2.18. The number of aliphatic imine (C=N–C) groups is 1. The highest BCUT2D eigenvalue weighted by Crippen LogP contribution is 2.28. The molecule has 0 aliphatic carbocycles. The van der Waals surface area contributed by atoms with Crippen molar-refractivity contribution < 1.29 is 5.11 Å². The molecule has 2 rings (SSSR count). The molecular weight excluding hydrogens is 441 g/mol. The molecule has 0 amide bonds. The van der Waals surface area contributed by atoms with Crippen molar-refractivity contribution in [2.75, 3.05) is 0 Å². The minimum Gasteiger partial charge on any atom is -0.506 e. The van der Waals surface area contributed by atoms with Crippen molar-refractivity contribution in [3.8, 4) is 5.75 Å². The van der Waals surface area contributed by atoms with Crippen LogP contribution in [-0.4, -0.2) is 11.3 Å². The second-order valence-corrected chi connectivity index (χ2v) is 7.96. The van der Waals surface area contributed by atoms with Gasteiger partial charge in [-0.1, -0.05) is 48.8 Å². The number of hydrogen-bond acceptors (Lipinski definition) is 2. The van der Waals surface area contributed by atoms with Crippen molar-refractivity contribution in [3.63, 3.8) is 0 Å². The third kappa shape index (κ3) is 4.30. The van der Waals surface area contributed by atoms with Gasteiger partial charge in [0.2, 0.25) is 0 Å². The Hall–Kier alpha value is -0.880. The SMILES string of the molecule is CC(C)(C)c1ccc(N=Cc2cc(Br)cc(I)c2O)cc1. The molecule has 0 saturated carbocycles. The number of benzene rings is 2. The van der Waals surface area contributed by atoms with E-state index in [4.69, 9.17) is 0 Å². The predicted molar refractivity (Wildman–Crippen MR) is 101 cm³/mol. The summed E-state index contributed by atoms with van der Waals surface area (Å²) in [5.41, 5.74) is 2.99. The number of phenolic OH excluding ortho intramolecular Hbond substituents is 1. The number of rotatable bonds is 2. The molecule has 2 nitrogen and oxygen atoms in total. The molecule has 0 atom stereocenters. The van der Waals surface area contributed by atoms with E-state index in [9.17, 15) is 5.11 Å². The maximum atomic E-state index is 10.0. The van der Waals surface area contributed by atoms with Crippen molar-refractivity contribution >= 4 is 50.4 Å². The first-order chi connectivity index (χ1) is 9.77. The fraction of sp³-hybridized carbons (Fsp3) is 0.235. The van der Waals surface area contributed by atoms with Gasteiger partial charge in [0.25, 0.3) is 0 Å². The van der Waals surface area contributed by atoms with Crippen LogP contribution in [0.1, 0.15) is 31.9 Å². The average molecular weight is 458 g/mol. The molecule has 1 N–H and O–H groups in total. The summed E-state index contributed by atoms with van der Waals surface area (Å²) < 4.78 is 1.72. The van der Waals surface area contributed by atoms with Gasteiger partial charge in [0.1, 0.15) is 5.75 Å². The topological polar surface area (TPSA) is 32.6 Å². The van der Waals surface area contributed by atoms with E-state index in [0.717, 1.165) is 13.7 Å². The molecule has 2 aromatic rings. The molecule has 21 heavy (non-hydrogen) atoms. The smallest absolute Gasteiger partial charge is 0.137 e. The van der Waals surface area contributed by atoms with Crippen LogP contribution in [0.25, 0.3) is 0 Å². The molecule has 0 aliphatic rings. The molecule has 0 unspecified atom stereocenters. The zero-order valence-electron chi connectivity index (χ0n) is 12.2. The lowest BCUT2D eigenvalue weighted by Crippen LogP contribution is -2.10. The van der Waals surface area contributed by atoms with E-state index in [1.807, 2.05) is 24.3 Å². The Morgan fingerprint density at radius 2 is 1.76 bits per heavy atom.